The van der Waals surface area contributed by atoms with Crippen LogP contribution in [0.5, 0.6) is 5.75 Å². The fourth-order valence-electron chi connectivity index (χ4n) is 5.68. The molecular formula is C31H35N5O5. The van der Waals surface area contributed by atoms with Crippen LogP contribution < -0.4 is 20.7 Å². The summed E-state index contributed by atoms with van der Waals surface area (Å²) >= 11 is 0. The SMILES string of the molecule is CNc1ccc(OC)cc1CCN(C=O)C1CCN(c2cc(C(=O)c3cc(C)c4c(c3)oc(=O)n4C)ccn2)CC1. The Morgan fingerprint density at radius 3 is 2.66 bits per heavy atom. The number of nitrogens with zero attached hydrogens (tertiary/aromatic N) is 4. The van der Waals surface area contributed by atoms with Gasteiger partial charge in [0.05, 0.1) is 12.6 Å². The predicted molar refractivity (Wildman–Crippen MR) is 158 cm³/mol. The van der Waals surface area contributed by atoms with Crippen LogP contribution in [0.3, 0.4) is 0 Å². The number of fused-ring (bicyclic) bond motifs is 1. The van der Waals surface area contributed by atoms with Crippen molar-refractivity contribution in [1.29, 1.82) is 0 Å². The van der Waals surface area contributed by atoms with Crippen molar-refractivity contribution in [3.05, 3.63) is 81.5 Å². The van der Waals surface area contributed by atoms with Crippen molar-refractivity contribution in [2.24, 2.45) is 7.05 Å². The number of pyridine rings is 1. The maximum absolute atomic E-state index is 13.4. The van der Waals surface area contributed by atoms with Gasteiger partial charge < -0.3 is 24.3 Å². The number of nitrogens with one attached hydrogen (secondary N) is 1. The lowest BCUT2D eigenvalue weighted by Gasteiger charge is -2.37. The molecule has 10 heteroatoms. The van der Waals surface area contributed by atoms with Crippen LogP contribution in [-0.2, 0) is 18.3 Å². The molecular weight excluding hydrogens is 522 g/mol. The Bertz CT molecular complexity index is 1630. The van der Waals surface area contributed by atoms with E-state index in [0.29, 0.717) is 28.8 Å². The molecule has 0 saturated carbocycles. The average molecular weight is 558 g/mol. The summed E-state index contributed by atoms with van der Waals surface area (Å²) in [5.41, 5.74) is 4.97. The van der Waals surface area contributed by atoms with Crippen LogP contribution in [0.15, 0.2) is 57.9 Å². The van der Waals surface area contributed by atoms with Crippen molar-refractivity contribution in [3.63, 3.8) is 0 Å². The quantitative estimate of drug-likeness (QED) is 0.232. The molecule has 0 radical (unpaired) electrons. The van der Waals surface area contributed by atoms with Crippen LogP contribution in [-0.4, -0.2) is 66.5 Å². The van der Waals surface area contributed by atoms with Gasteiger partial charge in [0.15, 0.2) is 11.4 Å². The number of ketones is 1. The molecule has 0 aliphatic carbocycles. The van der Waals surface area contributed by atoms with Gasteiger partial charge in [-0.25, -0.2) is 9.78 Å². The van der Waals surface area contributed by atoms with E-state index in [9.17, 15) is 14.4 Å². The Kier molecular flexibility index (Phi) is 8.09. The average Bonchev–Trinajstić information content (AvgIpc) is 3.30. The molecule has 1 fully saturated rings. The number of aryl methyl sites for hydroxylation is 2. The summed E-state index contributed by atoms with van der Waals surface area (Å²) in [5.74, 6) is 0.899. The van der Waals surface area contributed by atoms with E-state index in [1.807, 2.05) is 43.1 Å². The Hall–Kier alpha value is -4.60. The highest BCUT2D eigenvalue weighted by Gasteiger charge is 2.25. The number of anilines is 2. The summed E-state index contributed by atoms with van der Waals surface area (Å²) in [6.45, 7) is 3.92. The second-order valence-electron chi connectivity index (χ2n) is 10.4. The van der Waals surface area contributed by atoms with Crippen LogP contribution in [0.2, 0.25) is 0 Å². The summed E-state index contributed by atoms with van der Waals surface area (Å²) < 4.78 is 12.1. The molecule has 0 bridgehead atoms. The van der Waals surface area contributed by atoms with Crippen molar-refractivity contribution in [3.8, 4) is 5.75 Å². The summed E-state index contributed by atoms with van der Waals surface area (Å²) in [7, 11) is 5.18. The van der Waals surface area contributed by atoms with Gasteiger partial charge in [0.1, 0.15) is 11.6 Å². The topological polar surface area (TPSA) is 110 Å². The highest BCUT2D eigenvalue weighted by Crippen LogP contribution is 2.26. The Labute approximate surface area is 238 Å². The van der Waals surface area contributed by atoms with Crippen LogP contribution in [0, 0.1) is 6.92 Å². The molecule has 1 amide bonds. The molecule has 10 nitrogen and oxygen atoms in total. The number of carbonyl (C=O) groups is 2. The van der Waals surface area contributed by atoms with E-state index in [1.165, 1.54) is 4.57 Å². The molecule has 1 aliphatic rings. The Morgan fingerprint density at radius 1 is 1.17 bits per heavy atom. The van der Waals surface area contributed by atoms with Gasteiger partial charge >= 0.3 is 5.76 Å². The van der Waals surface area contributed by atoms with Gasteiger partial charge in [0, 0.05) is 62.8 Å². The summed E-state index contributed by atoms with van der Waals surface area (Å²) in [6.07, 6.45) is 4.92. The van der Waals surface area contributed by atoms with Gasteiger partial charge in [0.25, 0.3) is 0 Å². The zero-order valence-electron chi connectivity index (χ0n) is 23.8. The zero-order valence-corrected chi connectivity index (χ0v) is 23.8. The minimum Gasteiger partial charge on any atom is -0.497 e. The van der Waals surface area contributed by atoms with E-state index in [0.717, 1.165) is 67.1 Å². The molecule has 2 aromatic heterocycles. The lowest BCUT2D eigenvalue weighted by molar-refractivity contribution is -0.120. The number of carbonyl (C=O) groups excluding carboxylic acids is 2. The predicted octanol–water partition coefficient (Wildman–Crippen LogP) is 3.79. The fourth-order valence-corrected chi connectivity index (χ4v) is 5.68. The van der Waals surface area contributed by atoms with Gasteiger partial charge in [-0.3, -0.25) is 14.2 Å². The van der Waals surface area contributed by atoms with Gasteiger partial charge in [-0.05, 0) is 79.8 Å². The number of aromatic nitrogens is 2. The minimum absolute atomic E-state index is 0.132. The van der Waals surface area contributed by atoms with Gasteiger partial charge in [0.2, 0.25) is 6.41 Å². The van der Waals surface area contributed by atoms with E-state index in [4.69, 9.17) is 9.15 Å². The number of benzene rings is 2. The van der Waals surface area contributed by atoms with Gasteiger partial charge in [-0.15, -0.1) is 0 Å². The van der Waals surface area contributed by atoms with Crippen LogP contribution in [0.1, 0.15) is 39.9 Å². The number of piperidine rings is 1. The fraction of sp³-hybridized carbons (Fsp3) is 0.355. The maximum atomic E-state index is 13.4. The first-order valence-corrected chi connectivity index (χ1v) is 13.7. The van der Waals surface area contributed by atoms with Crippen LogP contribution in [0.25, 0.3) is 11.1 Å². The third kappa shape index (κ3) is 5.68. The number of methoxy groups -OCH3 is 1. The molecule has 4 aromatic rings. The molecule has 1 saturated heterocycles. The third-order valence-electron chi connectivity index (χ3n) is 7.96. The number of hydrogen-bond acceptors (Lipinski definition) is 8. The summed E-state index contributed by atoms with van der Waals surface area (Å²) in [4.78, 5) is 46.0. The molecule has 3 heterocycles. The molecule has 0 unspecified atom stereocenters. The molecule has 0 atom stereocenters. The summed E-state index contributed by atoms with van der Waals surface area (Å²) in [5, 5.41) is 3.21. The first-order chi connectivity index (χ1) is 19.8. The lowest BCUT2D eigenvalue weighted by Crippen LogP contribution is -2.45. The highest BCUT2D eigenvalue weighted by atomic mass is 16.5. The second kappa shape index (κ2) is 11.9. The van der Waals surface area contributed by atoms with E-state index in [2.05, 4.69) is 15.2 Å². The summed E-state index contributed by atoms with van der Waals surface area (Å²) in [6, 6.07) is 13.0. The molecule has 41 heavy (non-hydrogen) atoms. The Morgan fingerprint density at radius 2 is 1.95 bits per heavy atom. The number of oxazole rings is 1. The number of ether oxygens (including phenoxy) is 1. The van der Waals surface area contributed by atoms with E-state index in [1.54, 1.807) is 38.6 Å². The first-order valence-electron chi connectivity index (χ1n) is 13.7. The van der Waals surface area contributed by atoms with Crippen molar-refractivity contribution in [1.82, 2.24) is 14.5 Å². The molecule has 5 rings (SSSR count). The molecule has 0 spiro atoms. The largest absolute Gasteiger partial charge is 0.497 e. The smallest absolute Gasteiger partial charge is 0.419 e. The standard InChI is InChI=1S/C31H35N5O5/c1-20-15-23(17-27-29(20)34(3)31(39)41-27)30(38)22-7-11-33-28(18-22)35-13-9-24(10-14-35)36(19-37)12-8-21-16-25(40-4)5-6-26(21)32-2/h5-7,11,15-19,24,32H,8-10,12-14H2,1-4H3. The van der Waals surface area contributed by atoms with Gasteiger partial charge in [-0.1, -0.05) is 0 Å². The van der Waals surface area contributed by atoms with Crippen molar-refractivity contribution < 1.29 is 18.7 Å². The first kappa shape index (κ1) is 27.9. The van der Waals surface area contributed by atoms with Crippen molar-refractivity contribution in [2.45, 2.75) is 32.2 Å². The monoisotopic (exact) mass is 557 g/mol. The normalized spacial score (nSPS) is 13.8. The minimum atomic E-state index is -0.460. The number of amides is 1. The van der Waals surface area contributed by atoms with E-state index < -0.39 is 5.76 Å². The van der Waals surface area contributed by atoms with Crippen molar-refractivity contribution >= 4 is 34.8 Å². The van der Waals surface area contributed by atoms with E-state index >= 15 is 0 Å². The molecule has 1 aliphatic heterocycles. The lowest BCUT2D eigenvalue weighted by atomic mass is 10.00. The molecule has 2 aromatic carbocycles. The molecule has 1 N–H and O–H groups in total. The van der Waals surface area contributed by atoms with Gasteiger partial charge in [-0.2, -0.15) is 0 Å². The third-order valence-corrected chi connectivity index (χ3v) is 7.96. The van der Waals surface area contributed by atoms with Crippen LogP contribution >= 0.6 is 0 Å². The zero-order chi connectivity index (χ0) is 29.1. The number of rotatable bonds is 10. The highest BCUT2D eigenvalue weighted by molar-refractivity contribution is 6.10. The maximum Gasteiger partial charge on any atom is 0.419 e. The molecule has 214 valence electrons. The van der Waals surface area contributed by atoms with E-state index in [-0.39, 0.29) is 11.8 Å². The second-order valence-corrected chi connectivity index (χ2v) is 10.4. The number of hydrogen-bond donors (Lipinski definition) is 1. The van der Waals surface area contributed by atoms with Crippen LogP contribution in [0.4, 0.5) is 11.5 Å². The Balaban J connectivity index is 1.24. The van der Waals surface area contributed by atoms with Crippen molar-refractivity contribution in [2.75, 3.05) is 44.0 Å².